The summed E-state index contributed by atoms with van der Waals surface area (Å²) in [6.07, 6.45) is 0.999. The molecule has 0 aliphatic heterocycles. The van der Waals surface area contributed by atoms with Crippen molar-refractivity contribution in [3.8, 4) is 0 Å². The van der Waals surface area contributed by atoms with Crippen molar-refractivity contribution in [3.63, 3.8) is 0 Å². The van der Waals surface area contributed by atoms with Gasteiger partial charge in [-0.3, -0.25) is 4.79 Å². The lowest BCUT2D eigenvalue weighted by molar-refractivity contribution is 0.102. The van der Waals surface area contributed by atoms with Crippen LogP contribution in [0.1, 0.15) is 28.4 Å². The summed E-state index contributed by atoms with van der Waals surface area (Å²) in [7, 11) is 0. The average molecular weight is 318 g/mol. The Balaban J connectivity index is 2.13. The largest absolute Gasteiger partial charge is 0.322 e. The zero-order valence-electron chi connectivity index (χ0n) is 11.0. The van der Waals surface area contributed by atoms with E-state index in [4.69, 9.17) is 0 Å². The van der Waals surface area contributed by atoms with E-state index >= 15 is 0 Å². The quantitative estimate of drug-likeness (QED) is 0.882. The monoisotopic (exact) mass is 317 g/mol. The summed E-state index contributed by atoms with van der Waals surface area (Å²) in [6, 6.07) is 13.5. The molecule has 2 aromatic carbocycles. The number of hydrogen-bond donors (Lipinski definition) is 1. The number of nitrogens with one attached hydrogen (secondary N) is 1. The summed E-state index contributed by atoms with van der Waals surface area (Å²) in [5, 5.41) is 2.90. The van der Waals surface area contributed by atoms with Crippen LogP contribution in [0, 0.1) is 6.92 Å². The molecule has 1 N–H and O–H groups in total. The van der Waals surface area contributed by atoms with Gasteiger partial charge in [0.1, 0.15) is 0 Å². The van der Waals surface area contributed by atoms with Crippen LogP contribution in [0.5, 0.6) is 0 Å². The van der Waals surface area contributed by atoms with E-state index in [1.54, 1.807) is 0 Å². The number of halogens is 1. The van der Waals surface area contributed by atoms with Gasteiger partial charge in [0, 0.05) is 15.7 Å². The number of carbonyl (C=O) groups excluding carboxylic acids is 1. The lowest BCUT2D eigenvalue weighted by Crippen LogP contribution is -2.11. The Morgan fingerprint density at radius 1 is 1.16 bits per heavy atom. The molecule has 0 radical (unpaired) electrons. The van der Waals surface area contributed by atoms with Crippen LogP contribution in [0.2, 0.25) is 0 Å². The highest BCUT2D eigenvalue weighted by Gasteiger charge is 2.07. The van der Waals surface area contributed by atoms with E-state index in [9.17, 15) is 4.79 Å². The molecule has 2 aromatic rings. The Morgan fingerprint density at radius 2 is 1.84 bits per heavy atom. The van der Waals surface area contributed by atoms with Gasteiger partial charge in [0.25, 0.3) is 5.91 Å². The second kappa shape index (κ2) is 6.02. The van der Waals surface area contributed by atoms with Crippen molar-refractivity contribution in [2.75, 3.05) is 5.32 Å². The van der Waals surface area contributed by atoms with Crippen molar-refractivity contribution in [2.24, 2.45) is 0 Å². The number of aryl methyl sites for hydroxylation is 2. The fourth-order valence-corrected chi connectivity index (χ4v) is 2.14. The van der Waals surface area contributed by atoms with Crippen molar-refractivity contribution in [3.05, 3.63) is 63.6 Å². The Kier molecular flexibility index (Phi) is 4.38. The maximum atomic E-state index is 12.1. The second-order valence-electron chi connectivity index (χ2n) is 4.47. The van der Waals surface area contributed by atoms with E-state index in [1.165, 1.54) is 5.56 Å². The van der Waals surface area contributed by atoms with Crippen molar-refractivity contribution >= 4 is 27.5 Å². The van der Waals surface area contributed by atoms with Crippen molar-refractivity contribution in [1.82, 2.24) is 0 Å². The van der Waals surface area contributed by atoms with Crippen LogP contribution in [0.15, 0.2) is 46.9 Å². The minimum Gasteiger partial charge on any atom is -0.322 e. The molecule has 0 spiro atoms. The van der Waals surface area contributed by atoms with Gasteiger partial charge >= 0.3 is 0 Å². The molecule has 2 rings (SSSR count). The zero-order chi connectivity index (χ0) is 13.8. The maximum absolute atomic E-state index is 12.1. The summed E-state index contributed by atoms with van der Waals surface area (Å²) in [5.74, 6) is -0.0926. The molecule has 98 valence electrons. The standard InChI is InChI=1S/C16H16BrNO/c1-3-12-5-8-14(9-6-12)18-16(19)13-7-4-11(2)15(17)10-13/h4-10H,3H2,1-2H3,(H,18,19). The molecule has 1 amide bonds. The van der Waals surface area contributed by atoms with Crippen LogP contribution in [0.25, 0.3) is 0 Å². The third-order valence-corrected chi connectivity index (χ3v) is 3.91. The molecule has 0 aliphatic rings. The summed E-state index contributed by atoms with van der Waals surface area (Å²) < 4.78 is 0.946. The number of benzene rings is 2. The number of rotatable bonds is 3. The average Bonchev–Trinajstić information content (AvgIpc) is 2.42. The first-order valence-electron chi connectivity index (χ1n) is 6.26. The first kappa shape index (κ1) is 13.8. The van der Waals surface area contributed by atoms with Gasteiger partial charge < -0.3 is 5.32 Å². The Hall–Kier alpha value is -1.61. The number of amides is 1. The Morgan fingerprint density at radius 3 is 2.42 bits per heavy atom. The van der Waals surface area contributed by atoms with E-state index in [0.717, 1.165) is 22.1 Å². The summed E-state index contributed by atoms with van der Waals surface area (Å²) in [5.41, 5.74) is 3.84. The highest BCUT2D eigenvalue weighted by atomic mass is 79.9. The lowest BCUT2D eigenvalue weighted by atomic mass is 10.1. The smallest absolute Gasteiger partial charge is 0.255 e. The molecule has 0 saturated carbocycles. The van der Waals surface area contributed by atoms with E-state index in [1.807, 2.05) is 49.4 Å². The SMILES string of the molecule is CCc1ccc(NC(=O)c2ccc(C)c(Br)c2)cc1. The highest BCUT2D eigenvalue weighted by Crippen LogP contribution is 2.18. The maximum Gasteiger partial charge on any atom is 0.255 e. The Labute approximate surface area is 122 Å². The van der Waals surface area contributed by atoms with Gasteiger partial charge in [-0.25, -0.2) is 0 Å². The number of hydrogen-bond acceptors (Lipinski definition) is 1. The molecule has 0 aromatic heterocycles. The lowest BCUT2D eigenvalue weighted by Gasteiger charge is -2.07. The fraction of sp³-hybridized carbons (Fsp3) is 0.188. The molecule has 0 heterocycles. The van der Waals surface area contributed by atoms with E-state index in [-0.39, 0.29) is 5.91 Å². The molecule has 0 fully saturated rings. The third-order valence-electron chi connectivity index (χ3n) is 3.05. The van der Waals surface area contributed by atoms with Crippen molar-refractivity contribution in [2.45, 2.75) is 20.3 Å². The molecule has 0 unspecified atom stereocenters. The van der Waals surface area contributed by atoms with E-state index in [0.29, 0.717) is 5.56 Å². The molecule has 0 atom stereocenters. The van der Waals surface area contributed by atoms with Crippen LogP contribution >= 0.6 is 15.9 Å². The van der Waals surface area contributed by atoms with Crippen molar-refractivity contribution in [1.29, 1.82) is 0 Å². The highest BCUT2D eigenvalue weighted by molar-refractivity contribution is 9.10. The molecule has 0 aliphatic carbocycles. The van der Waals surface area contributed by atoms with Gasteiger partial charge in [-0.15, -0.1) is 0 Å². The summed E-state index contributed by atoms with van der Waals surface area (Å²) >= 11 is 3.44. The minimum absolute atomic E-state index is 0.0926. The van der Waals surface area contributed by atoms with Gasteiger partial charge in [0.2, 0.25) is 0 Å². The molecule has 0 bridgehead atoms. The van der Waals surface area contributed by atoms with Gasteiger partial charge in [0.15, 0.2) is 0 Å². The van der Waals surface area contributed by atoms with Gasteiger partial charge in [-0.1, -0.05) is 41.1 Å². The Bertz CT molecular complexity index is 590. The van der Waals surface area contributed by atoms with Gasteiger partial charge in [0.05, 0.1) is 0 Å². The molecular weight excluding hydrogens is 302 g/mol. The van der Waals surface area contributed by atoms with Crippen molar-refractivity contribution < 1.29 is 4.79 Å². The third kappa shape index (κ3) is 3.44. The summed E-state index contributed by atoms with van der Waals surface area (Å²) in [6.45, 7) is 4.10. The predicted octanol–water partition coefficient (Wildman–Crippen LogP) is 4.57. The predicted molar refractivity (Wildman–Crippen MR) is 82.7 cm³/mol. The number of anilines is 1. The fourth-order valence-electron chi connectivity index (χ4n) is 1.76. The summed E-state index contributed by atoms with van der Waals surface area (Å²) in [4.78, 5) is 12.1. The molecule has 2 nitrogen and oxygen atoms in total. The molecular formula is C16H16BrNO. The molecule has 3 heteroatoms. The van der Waals surface area contributed by atoms with Crippen LogP contribution < -0.4 is 5.32 Å². The minimum atomic E-state index is -0.0926. The van der Waals surface area contributed by atoms with Crippen LogP contribution in [0.3, 0.4) is 0 Å². The zero-order valence-corrected chi connectivity index (χ0v) is 12.6. The molecule has 0 saturated heterocycles. The van der Waals surface area contributed by atoms with Crippen LogP contribution in [0.4, 0.5) is 5.69 Å². The van der Waals surface area contributed by atoms with E-state index < -0.39 is 0 Å². The van der Waals surface area contributed by atoms with Gasteiger partial charge in [-0.2, -0.15) is 0 Å². The molecule has 19 heavy (non-hydrogen) atoms. The van der Waals surface area contributed by atoms with Gasteiger partial charge in [-0.05, 0) is 48.7 Å². The topological polar surface area (TPSA) is 29.1 Å². The first-order chi connectivity index (χ1) is 9.10. The normalized spacial score (nSPS) is 10.3. The first-order valence-corrected chi connectivity index (χ1v) is 7.06. The second-order valence-corrected chi connectivity index (χ2v) is 5.32. The van der Waals surface area contributed by atoms with Crippen LogP contribution in [-0.2, 0) is 6.42 Å². The number of carbonyl (C=O) groups is 1. The van der Waals surface area contributed by atoms with E-state index in [2.05, 4.69) is 28.2 Å². The van der Waals surface area contributed by atoms with Crippen LogP contribution in [-0.4, -0.2) is 5.91 Å².